The lowest BCUT2D eigenvalue weighted by Gasteiger charge is -2.03. The van der Waals surface area contributed by atoms with E-state index >= 15 is 0 Å². The third-order valence-corrected chi connectivity index (χ3v) is 2.12. The molecule has 0 amide bonds. The topological polar surface area (TPSA) is 0 Å². The molecule has 1 rings (SSSR count). The van der Waals surface area contributed by atoms with Crippen LogP contribution < -0.4 is 0 Å². The molecule has 1 heteroatoms. The average molecular weight is 181 g/mol. The Kier molecular flexibility index (Phi) is 3.36. The average Bonchev–Trinajstić information content (AvgIpc) is 2.03. The summed E-state index contributed by atoms with van der Waals surface area (Å²) in [6.45, 7) is 5.78. The van der Waals surface area contributed by atoms with Crippen LogP contribution >= 0.6 is 11.6 Å². The van der Waals surface area contributed by atoms with Crippen molar-refractivity contribution in [2.24, 2.45) is 0 Å². The van der Waals surface area contributed by atoms with Crippen molar-refractivity contribution in [1.29, 1.82) is 0 Å². The summed E-state index contributed by atoms with van der Waals surface area (Å²) < 4.78 is 0. The lowest BCUT2D eigenvalue weighted by molar-refractivity contribution is 0.976. The molecule has 0 aliphatic rings. The summed E-state index contributed by atoms with van der Waals surface area (Å²) in [7, 11) is 0. The molecular formula is C11H13Cl. The van der Waals surface area contributed by atoms with Crippen molar-refractivity contribution in [2.75, 3.05) is 0 Å². The van der Waals surface area contributed by atoms with Crippen molar-refractivity contribution < 1.29 is 0 Å². The highest BCUT2D eigenvalue weighted by molar-refractivity contribution is 6.29. The first kappa shape index (κ1) is 9.34. The van der Waals surface area contributed by atoms with E-state index in [2.05, 4.69) is 31.7 Å². The number of allylic oxidation sites excluding steroid dienone is 1. The number of rotatable bonds is 3. The molecule has 0 radical (unpaired) electrons. The van der Waals surface area contributed by atoms with E-state index in [0.29, 0.717) is 0 Å². The van der Waals surface area contributed by atoms with Gasteiger partial charge in [0.05, 0.1) is 0 Å². The van der Waals surface area contributed by atoms with E-state index in [9.17, 15) is 0 Å². The number of halogens is 1. The van der Waals surface area contributed by atoms with Crippen LogP contribution in [0.2, 0.25) is 0 Å². The number of hydrogen-bond donors (Lipinski definition) is 0. The van der Waals surface area contributed by atoms with Crippen LogP contribution in [0, 0.1) is 6.92 Å². The summed E-state index contributed by atoms with van der Waals surface area (Å²) in [5.74, 6) is 0. The zero-order chi connectivity index (χ0) is 8.97. The predicted octanol–water partition coefficient (Wildman–Crippen LogP) is 3.68. The van der Waals surface area contributed by atoms with Gasteiger partial charge in [0.25, 0.3) is 0 Å². The van der Waals surface area contributed by atoms with E-state index < -0.39 is 0 Å². The van der Waals surface area contributed by atoms with Crippen LogP contribution in [0.1, 0.15) is 17.5 Å². The fourth-order valence-electron chi connectivity index (χ4n) is 1.16. The molecule has 0 aliphatic heterocycles. The number of aryl methyl sites for hydroxylation is 2. The summed E-state index contributed by atoms with van der Waals surface area (Å²) in [5, 5.41) is 0.734. The van der Waals surface area contributed by atoms with E-state index in [4.69, 9.17) is 11.6 Å². The van der Waals surface area contributed by atoms with Crippen molar-refractivity contribution in [3.05, 3.63) is 47.0 Å². The molecule has 0 aromatic heterocycles. The van der Waals surface area contributed by atoms with Crippen molar-refractivity contribution in [2.45, 2.75) is 19.8 Å². The van der Waals surface area contributed by atoms with E-state index in [1.807, 2.05) is 6.07 Å². The van der Waals surface area contributed by atoms with Gasteiger partial charge in [-0.05, 0) is 30.9 Å². The molecule has 0 spiro atoms. The maximum atomic E-state index is 5.69. The molecule has 0 atom stereocenters. The van der Waals surface area contributed by atoms with Crippen LogP contribution in [-0.4, -0.2) is 0 Å². The van der Waals surface area contributed by atoms with Gasteiger partial charge < -0.3 is 0 Å². The number of benzene rings is 1. The smallest absolute Gasteiger partial charge is 0.0112 e. The largest absolute Gasteiger partial charge is 0.0898 e. The van der Waals surface area contributed by atoms with Crippen molar-refractivity contribution in [3.8, 4) is 0 Å². The first-order chi connectivity index (χ1) is 5.70. The van der Waals surface area contributed by atoms with Crippen LogP contribution in [0.3, 0.4) is 0 Å². The molecule has 0 fully saturated rings. The molecule has 0 aliphatic carbocycles. The predicted molar refractivity (Wildman–Crippen MR) is 54.5 cm³/mol. The zero-order valence-corrected chi connectivity index (χ0v) is 8.06. The van der Waals surface area contributed by atoms with Crippen LogP contribution in [-0.2, 0) is 6.42 Å². The van der Waals surface area contributed by atoms with Gasteiger partial charge >= 0.3 is 0 Å². The Morgan fingerprint density at radius 2 is 2.08 bits per heavy atom. The molecule has 0 N–H and O–H groups in total. The molecule has 0 saturated heterocycles. The quantitative estimate of drug-likeness (QED) is 0.666. The second-order valence-electron chi connectivity index (χ2n) is 2.94. The molecule has 12 heavy (non-hydrogen) atoms. The number of hydrogen-bond acceptors (Lipinski definition) is 0. The van der Waals surface area contributed by atoms with E-state index in [1.165, 1.54) is 11.1 Å². The minimum absolute atomic E-state index is 0.734. The molecular weight excluding hydrogens is 168 g/mol. The van der Waals surface area contributed by atoms with Gasteiger partial charge in [-0.3, -0.25) is 0 Å². The third kappa shape index (κ3) is 2.71. The molecule has 1 aromatic rings. The molecule has 0 nitrogen and oxygen atoms in total. The summed E-state index contributed by atoms with van der Waals surface area (Å²) in [5.41, 5.74) is 2.69. The fraction of sp³-hybridized carbons (Fsp3) is 0.273. The standard InChI is InChI=1S/C11H13Cl/c1-9-5-3-4-6-11(9)8-7-10(2)12/h3-6H,2,7-8H2,1H3. The summed E-state index contributed by atoms with van der Waals surface area (Å²) in [6.07, 6.45) is 1.86. The van der Waals surface area contributed by atoms with Gasteiger partial charge in [-0.25, -0.2) is 0 Å². The zero-order valence-electron chi connectivity index (χ0n) is 7.31. The highest BCUT2D eigenvalue weighted by atomic mass is 35.5. The minimum atomic E-state index is 0.734. The van der Waals surface area contributed by atoms with Gasteiger partial charge in [0, 0.05) is 5.03 Å². The van der Waals surface area contributed by atoms with Crippen LogP contribution in [0.15, 0.2) is 35.9 Å². The van der Waals surface area contributed by atoms with E-state index in [-0.39, 0.29) is 0 Å². The maximum absolute atomic E-state index is 5.69. The first-order valence-corrected chi connectivity index (χ1v) is 4.45. The van der Waals surface area contributed by atoms with Crippen molar-refractivity contribution >= 4 is 11.6 Å². The van der Waals surface area contributed by atoms with Crippen molar-refractivity contribution in [3.63, 3.8) is 0 Å². The molecule has 0 saturated carbocycles. The van der Waals surface area contributed by atoms with Gasteiger partial charge in [0.15, 0.2) is 0 Å². The molecule has 1 aromatic carbocycles. The maximum Gasteiger partial charge on any atom is 0.0112 e. The Bertz CT molecular complexity index is 276. The lowest BCUT2D eigenvalue weighted by Crippen LogP contribution is -1.88. The van der Waals surface area contributed by atoms with Gasteiger partial charge in [-0.15, -0.1) is 0 Å². The normalized spacial score (nSPS) is 9.83. The SMILES string of the molecule is C=C(Cl)CCc1ccccc1C. The van der Waals surface area contributed by atoms with Gasteiger partial charge in [-0.2, -0.15) is 0 Å². The Morgan fingerprint density at radius 3 is 2.67 bits per heavy atom. The Morgan fingerprint density at radius 1 is 1.42 bits per heavy atom. The Labute approximate surface area is 78.9 Å². The monoisotopic (exact) mass is 180 g/mol. The van der Waals surface area contributed by atoms with Gasteiger partial charge in [0.2, 0.25) is 0 Å². The molecule has 64 valence electrons. The minimum Gasteiger partial charge on any atom is -0.0898 e. The highest BCUT2D eigenvalue weighted by Crippen LogP contribution is 2.13. The second-order valence-corrected chi connectivity index (χ2v) is 3.48. The Hall–Kier alpha value is -0.750. The Balaban J connectivity index is 2.63. The van der Waals surface area contributed by atoms with Gasteiger partial charge in [0.1, 0.15) is 0 Å². The first-order valence-electron chi connectivity index (χ1n) is 4.08. The highest BCUT2D eigenvalue weighted by Gasteiger charge is 1.96. The van der Waals surface area contributed by atoms with Gasteiger partial charge in [-0.1, -0.05) is 42.4 Å². The lowest BCUT2D eigenvalue weighted by atomic mass is 10.0. The summed E-state index contributed by atoms with van der Waals surface area (Å²) in [4.78, 5) is 0. The van der Waals surface area contributed by atoms with E-state index in [1.54, 1.807) is 0 Å². The fourth-order valence-corrected chi connectivity index (χ4v) is 1.26. The third-order valence-electron chi connectivity index (χ3n) is 1.93. The molecule has 0 bridgehead atoms. The second kappa shape index (κ2) is 4.32. The van der Waals surface area contributed by atoms with E-state index in [0.717, 1.165) is 17.9 Å². The van der Waals surface area contributed by atoms with Crippen LogP contribution in [0.5, 0.6) is 0 Å². The summed E-state index contributed by atoms with van der Waals surface area (Å²) in [6, 6.07) is 8.36. The molecule has 0 heterocycles. The van der Waals surface area contributed by atoms with Crippen LogP contribution in [0.25, 0.3) is 0 Å². The van der Waals surface area contributed by atoms with Crippen molar-refractivity contribution in [1.82, 2.24) is 0 Å². The summed E-state index contributed by atoms with van der Waals surface area (Å²) >= 11 is 5.69. The van der Waals surface area contributed by atoms with Crippen LogP contribution in [0.4, 0.5) is 0 Å². The molecule has 0 unspecified atom stereocenters.